The third-order valence-corrected chi connectivity index (χ3v) is 13.5. The molecule has 0 aromatic heterocycles. The van der Waals surface area contributed by atoms with Gasteiger partial charge in [-0.05, 0) is 108 Å². The lowest BCUT2D eigenvalue weighted by Crippen LogP contribution is -2.30. The molecule has 2 heterocycles. The molecule has 9 nitrogen and oxygen atoms in total. The van der Waals surface area contributed by atoms with Gasteiger partial charge in [-0.3, -0.25) is 14.1 Å². The first kappa shape index (κ1) is 45.9. The number of nitrogens with zero attached hydrogens (tertiary/aromatic N) is 2. The fourth-order valence-electron chi connectivity index (χ4n) is 9.42. The molecule has 0 spiro atoms. The lowest BCUT2D eigenvalue weighted by molar-refractivity contribution is -0.438. The summed E-state index contributed by atoms with van der Waals surface area (Å²) < 4.78 is 36.0. The van der Waals surface area contributed by atoms with E-state index in [1.807, 2.05) is 36.4 Å². The third-order valence-electron chi connectivity index (χ3n) is 12.7. The molecule has 10 heteroatoms. The summed E-state index contributed by atoms with van der Waals surface area (Å²) in [6, 6.07) is 33.3. The van der Waals surface area contributed by atoms with Gasteiger partial charge in [0.2, 0.25) is 11.6 Å². The zero-order chi connectivity index (χ0) is 45.8. The minimum absolute atomic E-state index is 0.195. The summed E-state index contributed by atoms with van der Waals surface area (Å²) >= 11 is 0. The van der Waals surface area contributed by atoms with Crippen LogP contribution < -0.4 is 15.5 Å². The Morgan fingerprint density at radius 3 is 2.06 bits per heavy atom. The molecule has 64 heavy (non-hydrogen) atoms. The highest BCUT2D eigenvalue weighted by Crippen LogP contribution is 2.51. The summed E-state index contributed by atoms with van der Waals surface area (Å²) in [5.74, 6) is -0.730. The maximum Gasteiger partial charge on any atom is 0.264 e. The van der Waals surface area contributed by atoms with E-state index in [0.29, 0.717) is 37.2 Å². The van der Waals surface area contributed by atoms with Crippen molar-refractivity contribution in [3.8, 4) is 0 Å². The maximum absolute atomic E-state index is 13.3. The number of carbonyl (C=O) groups excluding carboxylic acids is 2. The topological polar surface area (TPSA) is 119 Å². The van der Waals surface area contributed by atoms with Gasteiger partial charge in [-0.2, -0.15) is 13.0 Å². The molecule has 2 aliphatic heterocycles. The molecular formula is C54H61N4O5S+. The van der Waals surface area contributed by atoms with E-state index in [-0.39, 0.29) is 29.4 Å². The summed E-state index contributed by atoms with van der Waals surface area (Å²) in [4.78, 5) is 27.3. The van der Waals surface area contributed by atoms with E-state index < -0.39 is 15.5 Å². The maximum atomic E-state index is 13.3. The van der Waals surface area contributed by atoms with Gasteiger partial charge in [-0.15, -0.1) is 0 Å². The number of nitrogens with one attached hydrogen (secondary N) is 2. The van der Waals surface area contributed by atoms with Crippen molar-refractivity contribution in [2.75, 3.05) is 36.8 Å². The zero-order valence-corrected chi connectivity index (χ0v) is 38.8. The first-order chi connectivity index (χ1) is 30.5. The molecule has 0 aliphatic carbocycles. The van der Waals surface area contributed by atoms with Crippen LogP contribution in [0.5, 0.6) is 0 Å². The number of unbranched alkanes of at least 4 members (excludes halogenated alkanes) is 1. The second kappa shape index (κ2) is 18.9. The van der Waals surface area contributed by atoms with E-state index in [1.165, 1.54) is 33.3 Å². The van der Waals surface area contributed by atoms with Gasteiger partial charge in [-0.25, -0.2) is 0 Å². The number of fused-ring (bicyclic) bond motifs is 6. The molecule has 0 unspecified atom stereocenters. The van der Waals surface area contributed by atoms with Gasteiger partial charge in [0.15, 0.2) is 5.71 Å². The van der Waals surface area contributed by atoms with Crippen LogP contribution in [0.3, 0.4) is 0 Å². The first-order valence-electron chi connectivity index (χ1n) is 22.4. The summed E-state index contributed by atoms with van der Waals surface area (Å²) in [7, 11) is -4.15. The van der Waals surface area contributed by atoms with Crippen LogP contribution in [0.2, 0.25) is 0 Å². The Bertz CT molecular complexity index is 2870. The van der Waals surface area contributed by atoms with Gasteiger partial charge < -0.3 is 15.5 Å². The van der Waals surface area contributed by atoms with E-state index in [2.05, 4.69) is 146 Å². The predicted molar refractivity (Wildman–Crippen MR) is 263 cm³/mol. The van der Waals surface area contributed by atoms with Crippen molar-refractivity contribution in [1.82, 2.24) is 10.6 Å². The fraction of sp³-hybridized carbons (Fsp3) is 0.315. The molecule has 0 atom stereocenters. The van der Waals surface area contributed by atoms with Crippen molar-refractivity contribution < 1.29 is 27.1 Å². The third kappa shape index (κ3) is 9.54. The van der Waals surface area contributed by atoms with Crippen LogP contribution in [-0.2, 0) is 25.7 Å². The monoisotopic (exact) mass is 877 g/mol. The lowest BCUT2D eigenvalue weighted by Gasteiger charge is -2.27. The Kier molecular flexibility index (Phi) is 13.6. The number of allylic oxidation sites excluding steroid dienone is 6. The van der Waals surface area contributed by atoms with E-state index in [4.69, 9.17) is 0 Å². The average molecular weight is 878 g/mol. The lowest BCUT2D eigenvalue weighted by atomic mass is 9.79. The molecule has 5 aromatic rings. The van der Waals surface area contributed by atoms with Crippen molar-refractivity contribution >= 4 is 66.1 Å². The molecule has 0 saturated heterocycles. The number of hydrogen-bond acceptors (Lipinski definition) is 5. The highest BCUT2D eigenvalue weighted by molar-refractivity contribution is 7.85. The van der Waals surface area contributed by atoms with Crippen LogP contribution in [-0.4, -0.2) is 67.0 Å². The van der Waals surface area contributed by atoms with E-state index >= 15 is 0 Å². The van der Waals surface area contributed by atoms with Crippen molar-refractivity contribution in [1.29, 1.82) is 0 Å². The van der Waals surface area contributed by atoms with Crippen molar-refractivity contribution in [2.24, 2.45) is 0 Å². The Hall–Kier alpha value is -6.10. The summed E-state index contributed by atoms with van der Waals surface area (Å²) in [6.07, 6.45) is 11.7. The van der Waals surface area contributed by atoms with Gasteiger partial charge >= 0.3 is 0 Å². The largest absolute Gasteiger partial charge is 0.352 e. The quantitative estimate of drug-likeness (QED) is 0.0281. The standard InChI is InChI=1S/C54H60N4O5S/c1-8-9-34-57-45-28-24-40-16-10-12-18-43(40)49(45)53(4,5)47(57)30-26-39(38-20-22-42(23-21-38)52(60)56-33-14-32-55-51(59)37(2)3)27-31-48-54(6,7)50-44-19-13-11-17-41(44)25-29-46(50)58(48)35-15-36-64(61,62)63/h10-13,16-31H,2,8-9,14-15,32-36H2,1,3-7H3,(H2-,55,56,59,60,61,62,63)/p+1. The second-order valence-corrected chi connectivity index (χ2v) is 19.6. The van der Waals surface area contributed by atoms with E-state index in [1.54, 1.807) is 6.92 Å². The van der Waals surface area contributed by atoms with Gasteiger partial charge in [0, 0.05) is 71.7 Å². The molecule has 2 aliphatic rings. The Balaban J connectivity index is 1.30. The number of rotatable bonds is 17. The highest BCUT2D eigenvalue weighted by Gasteiger charge is 2.45. The minimum Gasteiger partial charge on any atom is -0.352 e. The number of benzene rings is 5. The second-order valence-electron chi connectivity index (χ2n) is 18.0. The average Bonchev–Trinajstić information content (AvgIpc) is 3.62. The Morgan fingerprint density at radius 1 is 0.781 bits per heavy atom. The molecule has 5 aromatic carbocycles. The molecule has 0 saturated carbocycles. The molecular weight excluding hydrogens is 817 g/mol. The smallest absolute Gasteiger partial charge is 0.264 e. The fourth-order valence-corrected chi connectivity index (χ4v) is 9.91. The minimum atomic E-state index is -4.15. The number of amides is 2. The van der Waals surface area contributed by atoms with Gasteiger partial charge in [0.1, 0.15) is 6.54 Å². The van der Waals surface area contributed by atoms with Crippen LogP contribution in [0.4, 0.5) is 11.4 Å². The molecule has 7 rings (SSSR count). The van der Waals surface area contributed by atoms with Crippen molar-refractivity contribution in [2.45, 2.75) is 78.1 Å². The molecule has 0 radical (unpaired) electrons. The number of anilines is 1. The molecule has 0 fully saturated rings. The molecule has 3 N–H and O–H groups in total. The molecule has 332 valence electrons. The van der Waals surface area contributed by atoms with Crippen LogP contribution in [0.25, 0.3) is 27.1 Å². The number of carbonyl (C=O) groups is 2. The van der Waals surface area contributed by atoms with Crippen LogP contribution >= 0.6 is 0 Å². The normalized spacial score (nSPS) is 16.2. The summed E-state index contributed by atoms with van der Waals surface area (Å²) in [5.41, 5.74) is 9.01. The number of hydrogen-bond donors (Lipinski definition) is 3. The van der Waals surface area contributed by atoms with Gasteiger partial charge in [-0.1, -0.05) is 107 Å². The van der Waals surface area contributed by atoms with Crippen LogP contribution in [0.1, 0.15) is 94.3 Å². The van der Waals surface area contributed by atoms with Crippen LogP contribution in [0.15, 0.2) is 139 Å². The van der Waals surface area contributed by atoms with Crippen LogP contribution in [0, 0.1) is 0 Å². The zero-order valence-electron chi connectivity index (χ0n) is 38.0. The van der Waals surface area contributed by atoms with E-state index in [0.717, 1.165) is 52.7 Å². The van der Waals surface area contributed by atoms with E-state index in [9.17, 15) is 22.6 Å². The SMILES string of the molecule is C=C(C)C(=O)NCCCNC(=O)c1ccc(C(=C\C=C2/N(CCCS(=O)(=O)O)c3ccc4ccccc4c3C2(C)C)/C=C/C2=[N+](CCCC)c3ccc4ccccc4c3C2(C)C)cc1. The molecule has 0 bridgehead atoms. The van der Waals surface area contributed by atoms with Gasteiger partial charge in [0.25, 0.3) is 16.0 Å². The Labute approximate surface area is 378 Å². The first-order valence-corrected chi connectivity index (χ1v) is 24.0. The summed E-state index contributed by atoms with van der Waals surface area (Å²) in [5, 5.41) is 10.5. The predicted octanol–water partition coefficient (Wildman–Crippen LogP) is 10.6. The van der Waals surface area contributed by atoms with Gasteiger partial charge in [0.05, 0.1) is 11.2 Å². The highest BCUT2D eigenvalue weighted by atomic mass is 32.2. The summed E-state index contributed by atoms with van der Waals surface area (Å²) in [6.45, 7) is 18.7. The van der Waals surface area contributed by atoms with Crippen molar-refractivity contribution in [3.05, 3.63) is 161 Å². The Morgan fingerprint density at radius 2 is 1.41 bits per heavy atom. The van der Waals surface area contributed by atoms with Crippen molar-refractivity contribution in [3.63, 3.8) is 0 Å². The molecule has 2 amide bonds.